The molecule has 0 saturated carbocycles. The second kappa shape index (κ2) is 5.00. The van der Waals surface area contributed by atoms with E-state index in [9.17, 15) is 8.42 Å². The molecule has 94 valence electrons. The number of rotatable bonds is 4. The summed E-state index contributed by atoms with van der Waals surface area (Å²) < 4.78 is 30.7. The molecule has 0 radical (unpaired) electrons. The van der Waals surface area contributed by atoms with Crippen LogP contribution in [0.4, 0.5) is 0 Å². The Morgan fingerprint density at radius 1 is 1.25 bits per heavy atom. The lowest BCUT2D eigenvalue weighted by molar-refractivity contribution is -0.0552. The van der Waals surface area contributed by atoms with E-state index >= 15 is 0 Å². The number of piperidine rings is 1. The molecule has 2 saturated heterocycles. The van der Waals surface area contributed by atoms with Crippen LogP contribution in [0.1, 0.15) is 19.8 Å². The standard InChI is InChI=1S/C10H20N2O3S/c1-2-16(13,14)12-5-3-9(4-6-12)15-10-7-11-8-10/h9-11H,2-8H2,1H3. The van der Waals surface area contributed by atoms with Gasteiger partial charge in [-0.3, -0.25) is 0 Å². The summed E-state index contributed by atoms with van der Waals surface area (Å²) in [5, 5.41) is 3.16. The van der Waals surface area contributed by atoms with Gasteiger partial charge in [-0.1, -0.05) is 0 Å². The first-order valence-corrected chi connectivity index (χ1v) is 7.56. The first kappa shape index (κ1) is 12.3. The molecule has 2 rings (SSSR count). The van der Waals surface area contributed by atoms with Crippen LogP contribution >= 0.6 is 0 Å². The molecule has 0 aromatic carbocycles. The lowest BCUT2D eigenvalue weighted by atomic mass is 10.1. The van der Waals surface area contributed by atoms with E-state index in [1.165, 1.54) is 0 Å². The van der Waals surface area contributed by atoms with Gasteiger partial charge in [0, 0.05) is 26.2 Å². The Balaban J connectivity index is 1.77. The highest BCUT2D eigenvalue weighted by molar-refractivity contribution is 7.89. The molecule has 0 bridgehead atoms. The van der Waals surface area contributed by atoms with Crippen LogP contribution in [-0.2, 0) is 14.8 Å². The minimum absolute atomic E-state index is 0.199. The number of sulfonamides is 1. The average Bonchev–Trinajstić information content (AvgIpc) is 2.24. The molecule has 2 aliphatic heterocycles. The maximum absolute atomic E-state index is 11.6. The third-order valence-corrected chi connectivity index (χ3v) is 5.17. The highest BCUT2D eigenvalue weighted by Crippen LogP contribution is 2.19. The van der Waals surface area contributed by atoms with Gasteiger partial charge in [0.15, 0.2) is 0 Å². The zero-order valence-corrected chi connectivity index (χ0v) is 10.5. The van der Waals surface area contributed by atoms with Crippen molar-refractivity contribution in [2.24, 2.45) is 0 Å². The number of nitrogens with zero attached hydrogens (tertiary/aromatic N) is 1. The van der Waals surface area contributed by atoms with E-state index in [2.05, 4.69) is 5.32 Å². The molecule has 2 heterocycles. The summed E-state index contributed by atoms with van der Waals surface area (Å²) in [7, 11) is -3.00. The van der Waals surface area contributed by atoms with Crippen molar-refractivity contribution in [2.45, 2.75) is 32.0 Å². The fourth-order valence-corrected chi connectivity index (χ4v) is 3.19. The van der Waals surface area contributed by atoms with Crippen molar-refractivity contribution >= 4 is 10.0 Å². The van der Waals surface area contributed by atoms with Gasteiger partial charge in [-0.05, 0) is 19.8 Å². The molecule has 2 aliphatic rings. The van der Waals surface area contributed by atoms with Crippen LogP contribution in [0, 0.1) is 0 Å². The molecule has 0 aliphatic carbocycles. The SMILES string of the molecule is CCS(=O)(=O)N1CCC(OC2CNC2)CC1. The van der Waals surface area contributed by atoms with Crippen molar-refractivity contribution in [3.63, 3.8) is 0 Å². The number of ether oxygens (including phenoxy) is 1. The van der Waals surface area contributed by atoms with Crippen LogP contribution in [0.25, 0.3) is 0 Å². The Bertz CT molecular complexity index is 319. The number of hydrogen-bond acceptors (Lipinski definition) is 4. The van der Waals surface area contributed by atoms with Crippen LogP contribution in [0.5, 0.6) is 0 Å². The molecule has 5 nitrogen and oxygen atoms in total. The third kappa shape index (κ3) is 2.74. The van der Waals surface area contributed by atoms with E-state index in [1.807, 2.05) is 0 Å². The summed E-state index contributed by atoms with van der Waals surface area (Å²) in [6.45, 7) is 4.79. The van der Waals surface area contributed by atoms with Crippen molar-refractivity contribution in [2.75, 3.05) is 31.9 Å². The van der Waals surface area contributed by atoms with Crippen molar-refractivity contribution in [3.8, 4) is 0 Å². The van der Waals surface area contributed by atoms with Crippen molar-refractivity contribution in [1.82, 2.24) is 9.62 Å². The summed E-state index contributed by atoms with van der Waals surface area (Å²) in [6, 6.07) is 0. The highest BCUT2D eigenvalue weighted by Gasteiger charge is 2.29. The maximum atomic E-state index is 11.6. The Morgan fingerprint density at radius 2 is 1.88 bits per heavy atom. The fraction of sp³-hybridized carbons (Fsp3) is 1.00. The van der Waals surface area contributed by atoms with Gasteiger partial charge >= 0.3 is 0 Å². The van der Waals surface area contributed by atoms with Crippen LogP contribution in [0.3, 0.4) is 0 Å². The van der Waals surface area contributed by atoms with Crippen molar-refractivity contribution < 1.29 is 13.2 Å². The molecule has 0 aromatic rings. The monoisotopic (exact) mass is 248 g/mol. The summed E-state index contributed by atoms with van der Waals surface area (Å²) in [5.41, 5.74) is 0. The van der Waals surface area contributed by atoms with Crippen LogP contribution in [0.2, 0.25) is 0 Å². The van der Waals surface area contributed by atoms with Gasteiger partial charge in [0.1, 0.15) is 0 Å². The molecule has 0 aromatic heterocycles. The molecular formula is C10H20N2O3S. The molecule has 0 atom stereocenters. The topological polar surface area (TPSA) is 58.6 Å². The Kier molecular flexibility index (Phi) is 3.84. The van der Waals surface area contributed by atoms with Crippen molar-refractivity contribution in [3.05, 3.63) is 0 Å². The predicted octanol–water partition coefficient (Wildman–Crippen LogP) is -0.211. The van der Waals surface area contributed by atoms with Crippen LogP contribution in [0.15, 0.2) is 0 Å². The summed E-state index contributed by atoms with van der Waals surface area (Å²) >= 11 is 0. The van der Waals surface area contributed by atoms with E-state index in [4.69, 9.17) is 4.74 Å². The van der Waals surface area contributed by atoms with Gasteiger partial charge in [0.25, 0.3) is 0 Å². The molecule has 16 heavy (non-hydrogen) atoms. The fourth-order valence-electron chi connectivity index (χ4n) is 2.06. The van der Waals surface area contributed by atoms with E-state index in [1.54, 1.807) is 11.2 Å². The predicted molar refractivity (Wildman–Crippen MR) is 61.8 cm³/mol. The van der Waals surface area contributed by atoms with E-state index < -0.39 is 10.0 Å². The molecule has 0 amide bonds. The molecule has 0 unspecified atom stereocenters. The van der Waals surface area contributed by atoms with Crippen LogP contribution < -0.4 is 5.32 Å². The van der Waals surface area contributed by atoms with Gasteiger partial charge in [-0.2, -0.15) is 0 Å². The van der Waals surface area contributed by atoms with Gasteiger partial charge in [0.2, 0.25) is 10.0 Å². The van der Waals surface area contributed by atoms with E-state index in [0.29, 0.717) is 19.2 Å². The molecule has 0 spiro atoms. The summed E-state index contributed by atoms with van der Waals surface area (Å²) in [5.74, 6) is 0.199. The molecule has 2 fully saturated rings. The Labute approximate surface area is 97.2 Å². The Hall–Kier alpha value is -0.170. The number of hydrogen-bond donors (Lipinski definition) is 1. The average molecular weight is 248 g/mol. The van der Waals surface area contributed by atoms with Gasteiger partial charge in [-0.15, -0.1) is 0 Å². The first-order chi connectivity index (χ1) is 7.62. The minimum Gasteiger partial charge on any atom is -0.372 e. The van der Waals surface area contributed by atoms with Crippen molar-refractivity contribution in [1.29, 1.82) is 0 Å². The van der Waals surface area contributed by atoms with Gasteiger partial charge in [-0.25, -0.2) is 12.7 Å². The minimum atomic E-state index is -3.00. The normalized spacial score (nSPS) is 25.6. The second-order valence-electron chi connectivity index (χ2n) is 4.42. The van der Waals surface area contributed by atoms with E-state index in [-0.39, 0.29) is 11.9 Å². The third-order valence-electron chi connectivity index (χ3n) is 3.29. The molecule has 1 N–H and O–H groups in total. The second-order valence-corrected chi connectivity index (χ2v) is 6.67. The maximum Gasteiger partial charge on any atom is 0.213 e. The summed E-state index contributed by atoms with van der Waals surface area (Å²) in [4.78, 5) is 0. The molecular weight excluding hydrogens is 228 g/mol. The van der Waals surface area contributed by atoms with E-state index in [0.717, 1.165) is 25.9 Å². The lowest BCUT2D eigenvalue weighted by Gasteiger charge is -2.36. The lowest BCUT2D eigenvalue weighted by Crippen LogP contribution is -2.51. The van der Waals surface area contributed by atoms with Crippen LogP contribution in [-0.4, -0.2) is 56.9 Å². The first-order valence-electron chi connectivity index (χ1n) is 5.96. The quantitative estimate of drug-likeness (QED) is 0.748. The smallest absolute Gasteiger partial charge is 0.213 e. The largest absolute Gasteiger partial charge is 0.372 e. The molecule has 6 heteroatoms. The number of nitrogens with one attached hydrogen (secondary N) is 1. The zero-order chi connectivity index (χ0) is 11.6. The Morgan fingerprint density at radius 3 is 2.31 bits per heavy atom. The summed E-state index contributed by atoms with van der Waals surface area (Å²) in [6.07, 6.45) is 2.25. The van der Waals surface area contributed by atoms with Gasteiger partial charge < -0.3 is 10.1 Å². The van der Waals surface area contributed by atoms with Gasteiger partial charge in [0.05, 0.1) is 18.0 Å². The zero-order valence-electron chi connectivity index (χ0n) is 9.68. The highest BCUT2D eigenvalue weighted by atomic mass is 32.2.